The lowest BCUT2D eigenvalue weighted by atomic mass is 10.2. The lowest BCUT2D eigenvalue weighted by molar-refractivity contribution is -0.119. The zero-order chi connectivity index (χ0) is 13.4. The van der Waals surface area contributed by atoms with Gasteiger partial charge in [-0.3, -0.25) is 4.79 Å². The summed E-state index contributed by atoms with van der Waals surface area (Å²) < 4.78 is 1.89. The summed E-state index contributed by atoms with van der Waals surface area (Å²) in [5.41, 5.74) is 6.21. The van der Waals surface area contributed by atoms with Crippen LogP contribution in [-0.2, 0) is 4.79 Å². The zero-order valence-corrected chi connectivity index (χ0v) is 10.7. The Morgan fingerprint density at radius 2 is 2.42 bits per heavy atom. The number of nitrogens with one attached hydrogen (secondary N) is 1. The van der Waals surface area contributed by atoms with Crippen molar-refractivity contribution in [2.24, 2.45) is 5.73 Å². The number of aromatic nitrogens is 3. The fraction of sp³-hybridized carbons (Fsp3) is 0.417. The highest BCUT2D eigenvalue weighted by molar-refractivity contribution is 5.85. The second-order valence-corrected chi connectivity index (χ2v) is 4.61. The number of nitrogens with zero attached hydrogens (tertiary/aromatic N) is 4. The molecule has 1 fully saturated rings. The van der Waals surface area contributed by atoms with E-state index in [9.17, 15) is 4.79 Å². The molecule has 2 aromatic rings. The number of carbonyl (C=O) groups excluding carboxylic acids is 1. The third-order valence-electron chi connectivity index (χ3n) is 3.47. The molecule has 0 bridgehead atoms. The number of hydrogen-bond acceptors (Lipinski definition) is 5. The van der Waals surface area contributed by atoms with Gasteiger partial charge in [0, 0.05) is 26.0 Å². The average molecular weight is 260 g/mol. The molecule has 0 aromatic carbocycles. The molecule has 0 saturated carbocycles. The Morgan fingerprint density at radius 3 is 3.16 bits per heavy atom. The minimum atomic E-state index is -0.307. The average Bonchev–Trinajstić information content (AvgIpc) is 3.05. The highest BCUT2D eigenvalue weighted by atomic mass is 16.1. The standard InChI is InChI=1S/C12H16N6O/c1-14-9-7-17-6-4-15-11(17)12(16-9)18-5-2-3-8(18)10(13)19/h4,6-8,14H,2-3,5H2,1H3,(H2,13,19). The van der Waals surface area contributed by atoms with E-state index in [1.807, 2.05) is 28.7 Å². The molecular formula is C12H16N6O. The summed E-state index contributed by atoms with van der Waals surface area (Å²) >= 11 is 0. The van der Waals surface area contributed by atoms with Crippen molar-refractivity contribution >= 4 is 23.2 Å². The molecule has 1 saturated heterocycles. The number of rotatable bonds is 3. The first-order valence-corrected chi connectivity index (χ1v) is 6.28. The molecular weight excluding hydrogens is 244 g/mol. The number of nitrogens with two attached hydrogens (primary N) is 1. The summed E-state index contributed by atoms with van der Waals surface area (Å²) in [4.78, 5) is 22.3. The minimum Gasteiger partial charge on any atom is -0.372 e. The molecule has 0 aliphatic carbocycles. The van der Waals surface area contributed by atoms with Crippen LogP contribution in [0.2, 0.25) is 0 Å². The molecule has 0 radical (unpaired) electrons. The van der Waals surface area contributed by atoms with Gasteiger partial charge in [0.1, 0.15) is 11.9 Å². The topological polar surface area (TPSA) is 88.5 Å². The van der Waals surface area contributed by atoms with Crippen LogP contribution >= 0.6 is 0 Å². The Hall–Kier alpha value is -2.31. The van der Waals surface area contributed by atoms with Crippen molar-refractivity contribution in [1.82, 2.24) is 14.4 Å². The first kappa shape index (κ1) is 11.8. The van der Waals surface area contributed by atoms with E-state index in [1.54, 1.807) is 6.20 Å². The molecule has 7 nitrogen and oxygen atoms in total. The number of carbonyl (C=O) groups is 1. The minimum absolute atomic E-state index is 0.292. The summed E-state index contributed by atoms with van der Waals surface area (Å²) in [6.07, 6.45) is 7.15. The molecule has 2 aromatic heterocycles. The monoisotopic (exact) mass is 260 g/mol. The van der Waals surface area contributed by atoms with Gasteiger partial charge in [-0.2, -0.15) is 0 Å². The van der Waals surface area contributed by atoms with Crippen LogP contribution in [0.3, 0.4) is 0 Å². The van der Waals surface area contributed by atoms with Crippen LogP contribution < -0.4 is 16.0 Å². The first-order valence-electron chi connectivity index (χ1n) is 6.28. The molecule has 1 unspecified atom stereocenters. The normalized spacial score (nSPS) is 19.0. The maximum absolute atomic E-state index is 11.5. The summed E-state index contributed by atoms with van der Waals surface area (Å²) in [5.74, 6) is 1.13. The molecule has 3 heterocycles. The van der Waals surface area contributed by atoms with Crippen LogP contribution in [-0.4, -0.2) is 39.9 Å². The van der Waals surface area contributed by atoms with Crippen molar-refractivity contribution in [2.75, 3.05) is 23.8 Å². The Balaban J connectivity index is 2.12. The third-order valence-corrected chi connectivity index (χ3v) is 3.47. The maximum Gasteiger partial charge on any atom is 0.240 e. The van der Waals surface area contributed by atoms with Crippen LogP contribution in [0.15, 0.2) is 18.6 Å². The Bertz CT molecular complexity index is 622. The molecule has 1 aliphatic rings. The highest BCUT2D eigenvalue weighted by Crippen LogP contribution is 2.28. The number of anilines is 2. The summed E-state index contributed by atoms with van der Waals surface area (Å²) in [6.45, 7) is 0.774. The smallest absolute Gasteiger partial charge is 0.240 e. The molecule has 0 spiro atoms. The predicted octanol–water partition coefficient (Wildman–Crippen LogP) is 0.225. The van der Waals surface area contributed by atoms with E-state index in [0.717, 1.165) is 30.9 Å². The molecule has 19 heavy (non-hydrogen) atoms. The van der Waals surface area contributed by atoms with Crippen molar-refractivity contribution in [3.05, 3.63) is 18.6 Å². The lowest BCUT2D eigenvalue weighted by Gasteiger charge is -2.24. The fourth-order valence-electron chi connectivity index (χ4n) is 2.54. The van der Waals surface area contributed by atoms with Crippen molar-refractivity contribution < 1.29 is 4.79 Å². The fourth-order valence-corrected chi connectivity index (χ4v) is 2.54. The van der Waals surface area contributed by atoms with Gasteiger partial charge in [-0.1, -0.05) is 0 Å². The lowest BCUT2D eigenvalue weighted by Crippen LogP contribution is -2.41. The summed E-state index contributed by atoms with van der Waals surface area (Å²) in [5, 5.41) is 3.01. The second-order valence-electron chi connectivity index (χ2n) is 4.61. The largest absolute Gasteiger partial charge is 0.372 e. The van der Waals surface area contributed by atoms with E-state index in [2.05, 4.69) is 15.3 Å². The highest BCUT2D eigenvalue weighted by Gasteiger charge is 2.31. The number of fused-ring (bicyclic) bond motifs is 1. The SMILES string of the molecule is CNc1cn2ccnc2c(N2CCCC2C(N)=O)n1. The van der Waals surface area contributed by atoms with E-state index in [1.165, 1.54) is 0 Å². The number of hydrogen-bond donors (Lipinski definition) is 2. The van der Waals surface area contributed by atoms with Crippen LogP contribution in [0.25, 0.3) is 5.65 Å². The Morgan fingerprint density at radius 1 is 1.58 bits per heavy atom. The molecule has 7 heteroatoms. The van der Waals surface area contributed by atoms with Gasteiger partial charge in [-0.25, -0.2) is 9.97 Å². The van der Waals surface area contributed by atoms with E-state index in [4.69, 9.17) is 5.73 Å². The van der Waals surface area contributed by atoms with Gasteiger partial charge < -0.3 is 20.4 Å². The van der Waals surface area contributed by atoms with Crippen molar-refractivity contribution in [3.8, 4) is 0 Å². The van der Waals surface area contributed by atoms with E-state index < -0.39 is 0 Å². The van der Waals surface area contributed by atoms with Gasteiger partial charge in [0.25, 0.3) is 0 Å². The maximum atomic E-state index is 11.5. The first-order chi connectivity index (χ1) is 9.20. The van der Waals surface area contributed by atoms with Crippen molar-refractivity contribution in [3.63, 3.8) is 0 Å². The van der Waals surface area contributed by atoms with Crippen LogP contribution in [0.5, 0.6) is 0 Å². The van der Waals surface area contributed by atoms with Gasteiger partial charge in [0.05, 0.1) is 6.20 Å². The second kappa shape index (κ2) is 4.42. The molecule has 100 valence electrons. The predicted molar refractivity (Wildman–Crippen MR) is 72.1 cm³/mol. The van der Waals surface area contributed by atoms with Gasteiger partial charge in [-0.05, 0) is 12.8 Å². The van der Waals surface area contributed by atoms with Crippen molar-refractivity contribution in [2.45, 2.75) is 18.9 Å². The molecule has 1 amide bonds. The zero-order valence-electron chi connectivity index (χ0n) is 10.7. The van der Waals surface area contributed by atoms with Gasteiger partial charge in [-0.15, -0.1) is 0 Å². The van der Waals surface area contributed by atoms with E-state index in [0.29, 0.717) is 5.82 Å². The van der Waals surface area contributed by atoms with Crippen LogP contribution in [0, 0.1) is 0 Å². The molecule has 3 N–H and O–H groups in total. The quantitative estimate of drug-likeness (QED) is 0.824. The van der Waals surface area contributed by atoms with Gasteiger partial charge >= 0.3 is 0 Å². The van der Waals surface area contributed by atoms with Crippen LogP contribution in [0.1, 0.15) is 12.8 Å². The number of primary amides is 1. The third kappa shape index (κ3) is 1.87. The number of imidazole rings is 1. The summed E-state index contributed by atoms with van der Waals surface area (Å²) in [7, 11) is 1.81. The Labute approximate surface area is 110 Å². The molecule has 1 atom stereocenters. The molecule has 1 aliphatic heterocycles. The van der Waals surface area contributed by atoms with Gasteiger partial charge in [0.15, 0.2) is 11.5 Å². The van der Waals surface area contributed by atoms with Crippen LogP contribution in [0.4, 0.5) is 11.6 Å². The van der Waals surface area contributed by atoms with Crippen molar-refractivity contribution in [1.29, 1.82) is 0 Å². The van der Waals surface area contributed by atoms with E-state index >= 15 is 0 Å². The van der Waals surface area contributed by atoms with E-state index in [-0.39, 0.29) is 11.9 Å². The Kier molecular flexibility index (Phi) is 2.73. The summed E-state index contributed by atoms with van der Waals surface area (Å²) in [6, 6.07) is -0.292. The number of amides is 1. The van der Waals surface area contributed by atoms with Gasteiger partial charge in [0.2, 0.25) is 5.91 Å². The molecule has 3 rings (SSSR count).